The van der Waals surface area contributed by atoms with Crippen molar-refractivity contribution in [1.29, 1.82) is 0 Å². The van der Waals surface area contributed by atoms with Crippen LogP contribution >= 0.6 is 0 Å². The molecule has 2 aromatic heterocycles. The summed E-state index contributed by atoms with van der Waals surface area (Å²) in [6.45, 7) is -0.302. The van der Waals surface area contributed by atoms with Gasteiger partial charge in [-0.1, -0.05) is 17.1 Å². The van der Waals surface area contributed by atoms with Crippen molar-refractivity contribution in [1.82, 2.24) is 9.97 Å². The Labute approximate surface area is 174 Å². The van der Waals surface area contributed by atoms with Crippen LogP contribution in [0, 0.1) is 6.33 Å². The average Bonchev–Trinajstić information content (AvgIpc) is 2.76. The zero-order valence-electron chi connectivity index (χ0n) is 16.0. The standard InChI is InChI=1S/C20H13F3N6O2/c1-28-15-6-5-14(12-3-2-4-13(9-12)20(21,22)23)26-18(15)29(10-17(28)30)19(31)27-16-7-8-24-11-25-16/h2-9H,10H2,1H3/p+1. The highest BCUT2D eigenvalue weighted by molar-refractivity contribution is 6.12. The molecule has 1 aliphatic heterocycles. The lowest BCUT2D eigenvalue weighted by Gasteiger charge is -2.32. The third-order valence-corrected chi connectivity index (χ3v) is 4.64. The van der Waals surface area contributed by atoms with Crippen LogP contribution in [0.5, 0.6) is 0 Å². The van der Waals surface area contributed by atoms with Crippen LogP contribution in [0.25, 0.3) is 11.3 Å². The highest BCUT2D eigenvalue weighted by Crippen LogP contribution is 2.36. The number of urea groups is 1. The maximum Gasteiger partial charge on any atom is 0.416 e. The molecular weight excluding hydrogens is 413 g/mol. The molecule has 4 rings (SSSR count). The lowest BCUT2D eigenvalue weighted by atomic mass is 10.1. The summed E-state index contributed by atoms with van der Waals surface area (Å²) in [7, 11) is 1.53. The number of halogens is 3. The molecule has 0 aliphatic carbocycles. The molecule has 31 heavy (non-hydrogen) atoms. The van der Waals surface area contributed by atoms with Gasteiger partial charge in [0, 0.05) is 12.6 Å². The number of amides is 3. The second kappa shape index (κ2) is 7.56. The maximum absolute atomic E-state index is 13.1. The van der Waals surface area contributed by atoms with Crippen molar-refractivity contribution in [3.05, 3.63) is 60.6 Å². The molecule has 3 aromatic rings. The first-order valence-corrected chi connectivity index (χ1v) is 8.97. The van der Waals surface area contributed by atoms with E-state index in [-0.39, 0.29) is 35.3 Å². The number of carbonyl (C=O) groups excluding carboxylic acids is 2. The van der Waals surface area contributed by atoms with Gasteiger partial charge in [-0.3, -0.25) is 9.69 Å². The van der Waals surface area contributed by atoms with E-state index in [1.165, 1.54) is 48.5 Å². The number of hydrogen-bond donors (Lipinski definition) is 1. The third kappa shape index (κ3) is 3.95. The molecular formula is C20H14F3N6O2+. The number of nitrogens with one attached hydrogen (secondary N) is 1. The van der Waals surface area contributed by atoms with E-state index in [1.807, 2.05) is 0 Å². The Balaban J connectivity index is 1.74. The number of hydrogen-bond acceptors (Lipinski definition) is 4. The fraction of sp³-hybridized carbons (Fsp3) is 0.150. The molecule has 0 radical (unpaired) electrons. The number of fused-ring (bicyclic) bond motifs is 1. The van der Waals surface area contributed by atoms with Gasteiger partial charge in [0.25, 0.3) is 0 Å². The van der Waals surface area contributed by atoms with Crippen LogP contribution in [0.2, 0.25) is 0 Å². The zero-order valence-corrected chi connectivity index (χ0v) is 16.0. The van der Waals surface area contributed by atoms with Crippen molar-refractivity contribution in [2.45, 2.75) is 6.18 Å². The Morgan fingerprint density at radius 3 is 2.74 bits per heavy atom. The molecule has 8 nitrogen and oxygen atoms in total. The van der Waals surface area contributed by atoms with Crippen LogP contribution < -0.4 is 20.1 Å². The van der Waals surface area contributed by atoms with E-state index in [0.29, 0.717) is 5.69 Å². The van der Waals surface area contributed by atoms with Gasteiger partial charge >= 0.3 is 24.4 Å². The first-order chi connectivity index (χ1) is 14.7. The van der Waals surface area contributed by atoms with Crippen LogP contribution in [0.15, 0.2) is 48.7 Å². The fourth-order valence-electron chi connectivity index (χ4n) is 3.04. The lowest BCUT2D eigenvalue weighted by molar-refractivity contribution is -0.278. The largest absolute Gasteiger partial charge is 0.416 e. The Morgan fingerprint density at radius 1 is 1.23 bits per heavy atom. The van der Waals surface area contributed by atoms with E-state index in [2.05, 4.69) is 26.6 Å². The van der Waals surface area contributed by atoms with E-state index in [0.717, 1.165) is 17.0 Å². The minimum atomic E-state index is -4.50. The number of likely N-dealkylation sites (N-methyl/N-ethyl adjacent to an activating group) is 1. The summed E-state index contributed by atoms with van der Waals surface area (Å²) in [6.07, 6.45) is -0.782. The second-order valence-corrected chi connectivity index (χ2v) is 6.63. The van der Waals surface area contributed by atoms with Gasteiger partial charge in [-0.25, -0.2) is 15.1 Å². The monoisotopic (exact) mass is 427 g/mol. The summed E-state index contributed by atoms with van der Waals surface area (Å²) in [4.78, 5) is 39.4. The van der Waals surface area contributed by atoms with Crippen LogP contribution in [-0.2, 0) is 11.0 Å². The van der Waals surface area contributed by atoms with Crippen molar-refractivity contribution < 1.29 is 27.7 Å². The smallest absolute Gasteiger partial charge is 0.311 e. The zero-order chi connectivity index (χ0) is 22.2. The number of aromatic nitrogens is 3. The van der Waals surface area contributed by atoms with Crippen LogP contribution in [0.1, 0.15) is 5.56 Å². The van der Waals surface area contributed by atoms with Gasteiger partial charge in [0.1, 0.15) is 12.7 Å². The molecule has 1 aromatic carbocycles. The quantitative estimate of drug-likeness (QED) is 0.679. The molecule has 3 amide bonds. The molecule has 0 spiro atoms. The summed E-state index contributed by atoms with van der Waals surface area (Å²) in [5, 5.41) is 2.52. The molecule has 3 heterocycles. The second-order valence-electron chi connectivity index (χ2n) is 6.63. The van der Waals surface area contributed by atoms with Crippen molar-refractivity contribution in [3.63, 3.8) is 0 Å². The van der Waals surface area contributed by atoms with Crippen LogP contribution in [-0.4, -0.2) is 35.5 Å². The van der Waals surface area contributed by atoms with Crippen LogP contribution in [0.4, 0.5) is 35.3 Å². The Morgan fingerprint density at radius 2 is 2.03 bits per heavy atom. The van der Waals surface area contributed by atoms with E-state index in [4.69, 9.17) is 0 Å². The van der Waals surface area contributed by atoms with Gasteiger partial charge in [-0.2, -0.15) is 18.2 Å². The Bertz CT molecular complexity index is 1150. The number of carbonyl (C=O) groups is 2. The average molecular weight is 427 g/mol. The molecule has 1 N–H and O–H groups in total. The number of rotatable bonds is 2. The van der Waals surface area contributed by atoms with Crippen molar-refractivity contribution >= 4 is 29.3 Å². The fourth-order valence-corrected chi connectivity index (χ4v) is 3.04. The summed E-state index contributed by atoms with van der Waals surface area (Å²) in [6, 6.07) is 8.52. The molecule has 0 unspecified atom stereocenters. The molecule has 0 fully saturated rings. The number of alkyl halides is 3. The predicted molar refractivity (Wildman–Crippen MR) is 103 cm³/mol. The number of benzene rings is 1. The van der Waals surface area contributed by atoms with Gasteiger partial charge < -0.3 is 4.90 Å². The normalized spacial score (nSPS) is 13.5. The Hall–Kier alpha value is -4.20. The summed E-state index contributed by atoms with van der Waals surface area (Å²) < 4.78 is 39.3. The first kappa shape index (κ1) is 20.1. The van der Waals surface area contributed by atoms with E-state index in [9.17, 15) is 22.8 Å². The summed E-state index contributed by atoms with van der Waals surface area (Å²) in [5.74, 6) is -0.0555. The van der Waals surface area contributed by atoms with Gasteiger partial charge in [0.05, 0.1) is 23.0 Å². The first-order valence-electron chi connectivity index (χ1n) is 8.97. The minimum Gasteiger partial charge on any atom is -0.311 e. The highest BCUT2D eigenvalue weighted by Gasteiger charge is 2.34. The number of nitrogens with zero attached hydrogens (tertiary/aromatic N) is 5. The van der Waals surface area contributed by atoms with E-state index in [1.54, 1.807) is 0 Å². The molecule has 11 heteroatoms. The SMILES string of the molecule is CN1C(=O)CN(C(=O)Nc2ccnc#[n+]2)c2nc(-c3cccc(C(F)(F)F)c3)ccc21. The predicted octanol–water partition coefficient (Wildman–Crippen LogP) is 2.58. The summed E-state index contributed by atoms with van der Waals surface area (Å²) >= 11 is 0. The number of pyridine rings is 1. The van der Waals surface area contributed by atoms with Gasteiger partial charge in [0.15, 0.2) is 5.82 Å². The highest BCUT2D eigenvalue weighted by atomic mass is 19.4. The molecule has 0 saturated carbocycles. The van der Waals surface area contributed by atoms with Crippen molar-refractivity contribution in [3.8, 4) is 11.3 Å². The molecule has 0 saturated heterocycles. The molecule has 0 atom stereocenters. The van der Waals surface area contributed by atoms with Crippen molar-refractivity contribution in [2.75, 3.05) is 28.7 Å². The van der Waals surface area contributed by atoms with Gasteiger partial charge in [0.2, 0.25) is 5.91 Å². The lowest BCUT2D eigenvalue weighted by Crippen LogP contribution is -2.48. The van der Waals surface area contributed by atoms with Gasteiger partial charge in [-0.15, -0.1) is 0 Å². The van der Waals surface area contributed by atoms with Crippen molar-refractivity contribution in [2.24, 2.45) is 0 Å². The minimum absolute atomic E-state index is 0.132. The third-order valence-electron chi connectivity index (χ3n) is 4.64. The molecule has 1 aliphatic rings. The maximum atomic E-state index is 13.1. The topological polar surface area (TPSA) is 92.5 Å². The van der Waals surface area contributed by atoms with Crippen LogP contribution in [0.3, 0.4) is 0 Å². The van der Waals surface area contributed by atoms with Gasteiger partial charge in [-0.05, 0) is 24.3 Å². The molecule has 156 valence electrons. The number of anilines is 3. The van der Waals surface area contributed by atoms with E-state index < -0.39 is 17.8 Å². The van der Waals surface area contributed by atoms with E-state index >= 15 is 0 Å². The summed E-state index contributed by atoms with van der Waals surface area (Å²) in [5.41, 5.74) is -0.0218. The Kier molecular flexibility index (Phi) is 4.90. The molecule has 0 bridgehead atoms.